The molecule has 3 heterocycles. The first-order valence-electron chi connectivity index (χ1n) is 8.77. The first-order chi connectivity index (χ1) is 13.0. The Morgan fingerprint density at radius 1 is 1.07 bits per heavy atom. The van der Waals surface area contributed by atoms with Gasteiger partial charge in [0.25, 0.3) is 0 Å². The molecule has 0 aliphatic carbocycles. The SMILES string of the molecule is Cc1cc(-n2c(C)cc(/C=C/C(=O)c3ccc4c(c3)OCCO4)c2C)no1. The van der Waals surface area contributed by atoms with Crippen LogP contribution in [0.1, 0.15) is 33.1 Å². The Morgan fingerprint density at radius 3 is 2.59 bits per heavy atom. The Bertz CT molecular complexity index is 1040. The van der Waals surface area contributed by atoms with E-state index in [4.69, 9.17) is 14.0 Å². The van der Waals surface area contributed by atoms with Crippen LogP contribution in [-0.2, 0) is 0 Å². The summed E-state index contributed by atoms with van der Waals surface area (Å²) in [7, 11) is 0. The van der Waals surface area contributed by atoms with Gasteiger partial charge in [-0.05, 0) is 62.8 Å². The lowest BCUT2D eigenvalue weighted by Gasteiger charge is -2.18. The molecule has 0 N–H and O–H groups in total. The van der Waals surface area contributed by atoms with Crippen LogP contribution in [0.25, 0.3) is 11.9 Å². The van der Waals surface area contributed by atoms with Crippen molar-refractivity contribution < 1.29 is 18.8 Å². The third-order valence-corrected chi connectivity index (χ3v) is 4.56. The predicted molar refractivity (Wildman–Crippen MR) is 101 cm³/mol. The molecule has 1 aromatic carbocycles. The number of ether oxygens (including phenoxy) is 2. The van der Waals surface area contributed by atoms with Crippen LogP contribution >= 0.6 is 0 Å². The smallest absolute Gasteiger partial charge is 0.185 e. The van der Waals surface area contributed by atoms with Gasteiger partial charge in [-0.25, -0.2) is 0 Å². The maximum Gasteiger partial charge on any atom is 0.185 e. The van der Waals surface area contributed by atoms with Crippen LogP contribution in [0.3, 0.4) is 0 Å². The van der Waals surface area contributed by atoms with Crippen molar-refractivity contribution in [2.45, 2.75) is 20.8 Å². The van der Waals surface area contributed by atoms with Crippen LogP contribution in [-0.4, -0.2) is 28.7 Å². The summed E-state index contributed by atoms with van der Waals surface area (Å²) in [5.41, 5.74) is 3.54. The van der Waals surface area contributed by atoms with Gasteiger partial charge < -0.3 is 14.0 Å². The van der Waals surface area contributed by atoms with Crippen molar-refractivity contribution in [1.29, 1.82) is 0 Å². The number of hydrogen-bond donors (Lipinski definition) is 0. The maximum absolute atomic E-state index is 12.6. The Morgan fingerprint density at radius 2 is 1.85 bits per heavy atom. The van der Waals surface area contributed by atoms with Gasteiger partial charge >= 0.3 is 0 Å². The minimum atomic E-state index is -0.0888. The topological polar surface area (TPSA) is 66.5 Å². The molecule has 0 fully saturated rings. The number of carbonyl (C=O) groups is 1. The molecule has 27 heavy (non-hydrogen) atoms. The minimum Gasteiger partial charge on any atom is -0.486 e. The van der Waals surface area contributed by atoms with Crippen molar-refractivity contribution in [3.8, 4) is 17.3 Å². The fourth-order valence-corrected chi connectivity index (χ4v) is 3.23. The molecule has 6 nitrogen and oxygen atoms in total. The van der Waals surface area contributed by atoms with E-state index < -0.39 is 0 Å². The number of ketones is 1. The van der Waals surface area contributed by atoms with Gasteiger partial charge in [0.2, 0.25) is 0 Å². The van der Waals surface area contributed by atoms with Gasteiger partial charge in [-0.1, -0.05) is 5.16 Å². The van der Waals surface area contributed by atoms with Crippen molar-refractivity contribution in [3.05, 3.63) is 64.7 Å². The highest BCUT2D eigenvalue weighted by molar-refractivity contribution is 6.07. The molecule has 3 aromatic rings. The quantitative estimate of drug-likeness (QED) is 0.516. The number of benzene rings is 1. The normalized spacial score (nSPS) is 13.3. The third kappa shape index (κ3) is 3.26. The molecule has 138 valence electrons. The highest BCUT2D eigenvalue weighted by atomic mass is 16.6. The second kappa shape index (κ2) is 6.79. The molecule has 4 rings (SSSR count). The molecule has 0 amide bonds. The van der Waals surface area contributed by atoms with E-state index >= 15 is 0 Å². The number of aryl methyl sites for hydroxylation is 2. The van der Waals surface area contributed by atoms with E-state index in [9.17, 15) is 4.79 Å². The van der Waals surface area contributed by atoms with Gasteiger partial charge in [0.15, 0.2) is 23.1 Å². The zero-order chi connectivity index (χ0) is 19.0. The molecule has 0 saturated heterocycles. The molecule has 2 aromatic heterocycles. The monoisotopic (exact) mass is 364 g/mol. The number of allylic oxidation sites excluding steroid dienone is 1. The van der Waals surface area contributed by atoms with Gasteiger partial charge in [-0.15, -0.1) is 0 Å². The number of aromatic nitrogens is 2. The highest BCUT2D eigenvalue weighted by Gasteiger charge is 2.15. The summed E-state index contributed by atoms with van der Waals surface area (Å²) < 4.78 is 18.2. The van der Waals surface area contributed by atoms with E-state index in [1.54, 1.807) is 24.3 Å². The average Bonchev–Trinajstić information content (AvgIpc) is 3.21. The Hall–Kier alpha value is -3.28. The molecular weight excluding hydrogens is 344 g/mol. The van der Waals surface area contributed by atoms with Crippen molar-refractivity contribution in [2.75, 3.05) is 13.2 Å². The number of carbonyl (C=O) groups excluding carboxylic acids is 1. The number of hydrogen-bond acceptors (Lipinski definition) is 5. The summed E-state index contributed by atoms with van der Waals surface area (Å²) in [6.45, 7) is 6.87. The van der Waals surface area contributed by atoms with Crippen LogP contribution in [0.5, 0.6) is 11.5 Å². The Labute approximate surface area is 157 Å². The number of fused-ring (bicyclic) bond motifs is 1. The lowest BCUT2D eigenvalue weighted by atomic mass is 10.1. The standard InChI is InChI=1S/C21H20N2O4/c1-13-10-16(15(3)23(13)21-11-14(2)27-22-21)4-6-18(24)17-5-7-19-20(12-17)26-9-8-25-19/h4-7,10-12H,8-9H2,1-3H3/b6-4+. The first-order valence-corrected chi connectivity index (χ1v) is 8.77. The summed E-state index contributed by atoms with van der Waals surface area (Å²) in [4.78, 5) is 12.6. The van der Waals surface area contributed by atoms with Gasteiger partial charge in [0.1, 0.15) is 19.0 Å². The molecule has 0 bridgehead atoms. The van der Waals surface area contributed by atoms with E-state index in [1.165, 1.54) is 0 Å². The van der Waals surface area contributed by atoms with Crippen LogP contribution in [0, 0.1) is 20.8 Å². The second-order valence-corrected chi connectivity index (χ2v) is 6.51. The van der Waals surface area contributed by atoms with Crippen molar-refractivity contribution in [2.24, 2.45) is 0 Å². The third-order valence-electron chi connectivity index (χ3n) is 4.56. The van der Waals surface area contributed by atoms with Crippen LogP contribution < -0.4 is 9.47 Å². The molecule has 1 aliphatic heterocycles. The molecular formula is C21H20N2O4. The first kappa shape index (κ1) is 17.1. The molecule has 0 saturated carbocycles. The van der Waals surface area contributed by atoms with Crippen molar-refractivity contribution in [1.82, 2.24) is 9.72 Å². The van der Waals surface area contributed by atoms with E-state index in [0.717, 1.165) is 28.5 Å². The molecule has 0 unspecified atom stereocenters. The summed E-state index contributed by atoms with van der Waals surface area (Å²) in [6, 6.07) is 9.15. The number of nitrogens with zero attached hydrogens (tertiary/aromatic N) is 2. The molecule has 6 heteroatoms. The van der Waals surface area contributed by atoms with Crippen molar-refractivity contribution >= 4 is 11.9 Å². The van der Waals surface area contributed by atoms with Gasteiger partial charge in [-0.3, -0.25) is 9.36 Å². The highest BCUT2D eigenvalue weighted by Crippen LogP contribution is 2.31. The molecule has 0 atom stereocenters. The average molecular weight is 364 g/mol. The number of rotatable bonds is 4. The largest absolute Gasteiger partial charge is 0.486 e. The summed E-state index contributed by atoms with van der Waals surface area (Å²) in [5.74, 6) is 2.69. The predicted octanol–water partition coefficient (Wildman–Crippen LogP) is 4.06. The van der Waals surface area contributed by atoms with E-state index in [0.29, 0.717) is 30.3 Å². The van der Waals surface area contributed by atoms with Crippen molar-refractivity contribution in [3.63, 3.8) is 0 Å². The molecule has 0 spiro atoms. The van der Waals surface area contributed by atoms with Gasteiger partial charge in [-0.2, -0.15) is 0 Å². The van der Waals surface area contributed by atoms with E-state index in [2.05, 4.69) is 5.16 Å². The lowest BCUT2D eigenvalue weighted by molar-refractivity contribution is 0.104. The molecule has 0 radical (unpaired) electrons. The molecule has 1 aliphatic rings. The van der Waals surface area contributed by atoms with Crippen LogP contribution in [0.15, 0.2) is 40.9 Å². The second-order valence-electron chi connectivity index (χ2n) is 6.51. The van der Waals surface area contributed by atoms with E-state index in [-0.39, 0.29) is 5.78 Å². The van der Waals surface area contributed by atoms with Gasteiger partial charge in [0, 0.05) is 23.0 Å². The van der Waals surface area contributed by atoms with Gasteiger partial charge in [0.05, 0.1) is 0 Å². The fourth-order valence-electron chi connectivity index (χ4n) is 3.23. The Kier molecular flexibility index (Phi) is 4.32. The summed E-state index contributed by atoms with van der Waals surface area (Å²) >= 11 is 0. The van der Waals surface area contributed by atoms with Crippen LogP contribution in [0.4, 0.5) is 0 Å². The zero-order valence-corrected chi connectivity index (χ0v) is 15.5. The maximum atomic E-state index is 12.6. The van der Waals surface area contributed by atoms with E-state index in [1.807, 2.05) is 43.5 Å². The summed E-state index contributed by atoms with van der Waals surface area (Å²) in [6.07, 6.45) is 3.40. The van der Waals surface area contributed by atoms with Crippen LogP contribution in [0.2, 0.25) is 0 Å². The Balaban J connectivity index is 1.59. The lowest BCUT2D eigenvalue weighted by Crippen LogP contribution is -2.15. The zero-order valence-electron chi connectivity index (χ0n) is 15.5. The summed E-state index contributed by atoms with van der Waals surface area (Å²) in [5, 5.41) is 4.08. The minimum absolute atomic E-state index is 0.0888. The fraction of sp³-hybridized carbons (Fsp3) is 0.238.